The average molecular weight is 458 g/mol. The van der Waals surface area contributed by atoms with Gasteiger partial charge in [0.1, 0.15) is 11.5 Å². The minimum atomic E-state index is -0.341. The van der Waals surface area contributed by atoms with E-state index in [0.29, 0.717) is 29.4 Å². The van der Waals surface area contributed by atoms with Gasteiger partial charge in [-0.1, -0.05) is 44.2 Å². The molecule has 0 bridgehead atoms. The van der Waals surface area contributed by atoms with Crippen molar-refractivity contribution in [1.82, 2.24) is 9.36 Å². The number of aromatic nitrogens is 2. The number of carbonyl (C=O) groups is 1. The maximum absolute atomic E-state index is 13.0. The Morgan fingerprint density at radius 2 is 1.76 bits per heavy atom. The minimum Gasteiger partial charge on any atom is -0.462 e. The third kappa shape index (κ3) is 4.78. The highest BCUT2D eigenvalue weighted by molar-refractivity contribution is 5.90. The quantitative estimate of drug-likeness (QED) is 0.278. The molecular weight excluding hydrogens is 430 g/mol. The van der Waals surface area contributed by atoms with Gasteiger partial charge in [-0.05, 0) is 49.2 Å². The molecule has 174 valence electrons. The van der Waals surface area contributed by atoms with Crippen molar-refractivity contribution in [2.75, 3.05) is 6.61 Å². The van der Waals surface area contributed by atoms with Crippen LogP contribution in [0.3, 0.4) is 0 Å². The predicted octanol–water partition coefficient (Wildman–Crippen LogP) is 5.31. The molecule has 0 aliphatic carbocycles. The van der Waals surface area contributed by atoms with Gasteiger partial charge in [0.15, 0.2) is 5.69 Å². The van der Waals surface area contributed by atoms with Crippen molar-refractivity contribution >= 4 is 17.9 Å². The lowest BCUT2D eigenvalue weighted by atomic mass is 10.1. The zero-order valence-corrected chi connectivity index (χ0v) is 19.7. The number of rotatable bonds is 7. The van der Waals surface area contributed by atoms with E-state index in [-0.39, 0.29) is 17.4 Å². The SMILES string of the molecule is Cc1c(N=Cc2ccc(-c3ccc(C(=O)OCC(C)C)cc3)o2)c(=O)n(-c2ccccc2)n1C. The zero-order valence-electron chi connectivity index (χ0n) is 19.7. The standard InChI is InChI=1S/C27H27N3O4/c1-18(2)17-33-27(32)21-12-10-20(11-13-21)24-15-14-23(34-24)16-28-25-19(3)29(4)30(26(25)31)22-8-6-5-7-9-22/h5-16,18H,17H2,1-4H3. The molecule has 0 amide bonds. The van der Waals surface area contributed by atoms with Gasteiger partial charge in [-0.25, -0.2) is 14.5 Å². The van der Waals surface area contributed by atoms with Gasteiger partial charge in [-0.2, -0.15) is 0 Å². The van der Waals surface area contributed by atoms with Crippen LogP contribution in [0.2, 0.25) is 0 Å². The number of carbonyl (C=O) groups excluding carboxylic acids is 1. The number of furan rings is 1. The second-order valence-electron chi connectivity index (χ2n) is 8.44. The molecule has 2 heterocycles. The molecule has 0 spiro atoms. The van der Waals surface area contributed by atoms with Gasteiger partial charge < -0.3 is 9.15 Å². The minimum absolute atomic E-state index is 0.200. The Bertz CT molecular complexity index is 1370. The van der Waals surface area contributed by atoms with Crippen LogP contribution in [-0.4, -0.2) is 28.2 Å². The summed E-state index contributed by atoms with van der Waals surface area (Å²) in [5.41, 5.74) is 2.99. The lowest BCUT2D eigenvalue weighted by Crippen LogP contribution is -2.19. The van der Waals surface area contributed by atoms with E-state index in [1.54, 1.807) is 33.8 Å². The molecule has 0 fully saturated rings. The second kappa shape index (κ2) is 9.79. The van der Waals surface area contributed by atoms with Crippen LogP contribution in [0.25, 0.3) is 17.0 Å². The first-order chi connectivity index (χ1) is 16.3. The van der Waals surface area contributed by atoms with Gasteiger partial charge in [-0.3, -0.25) is 9.48 Å². The van der Waals surface area contributed by atoms with Crippen LogP contribution in [0.4, 0.5) is 5.69 Å². The van der Waals surface area contributed by atoms with Crippen LogP contribution in [0.1, 0.15) is 35.7 Å². The topological polar surface area (TPSA) is 78.7 Å². The largest absolute Gasteiger partial charge is 0.462 e. The number of nitrogens with zero attached hydrogens (tertiary/aromatic N) is 3. The van der Waals surface area contributed by atoms with Crippen molar-refractivity contribution in [1.29, 1.82) is 0 Å². The third-order valence-electron chi connectivity index (χ3n) is 5.42. The van der Waals surface area contributed by atoms with Crippen molar-refractivity contribution in [3.05, 3.63) is 94.1 Å². The highest BCUT2D eigenvalue weighted by atomic mass is 16.5. The number of benzene rings is 2. The number of hydrogen-bond acceptors (Lipinski definition) is 5. The van der Waals surface area contributed by atoms with Gasteiger partial charge in [-0.15, -0.1) is 0 Å². The number of hydrogen-bond donors (Lipinski definition) is 0. The molecule has 0 atom stereocenters. The molecule has 7 nitrogen and oxygen atoms in total. The molecule has 4 rings (SSSR count). The summed E-state index contributed by atoms with van der Waals surface area (Å²) in [6.07, 6.45) is 1.54. The number of aliphatic imine (C=N–C) groups is 1. The van der Waals surface area contributed by atoms with Crippen molar-refractivity contribution in [2.24, 2.45) is 18.0 Å². The molecule has 0 saturated carbocycles. The van der Waals surface area contributed by atoms with Gasteiger partial charge in [0.25, 0.3) is 5.56 Å². The first-order valence-corrected chi connectivity index (χ1v) is 11.1. The first-order valence-electron chi connectivity index (χ1n) is 11.1. The van der Waals surface area contributed by atoms with E-state index in [1.807, 2.05) is 76.3 Å². The molecule has 34 heavy (non-hydrogen) atoms. The van der Waals surface area contributed by atoms with Crippen LogP contribution < -0.4 is 5.56 Å². The van der Waals surface area contributed by atoms with E-state index in [2.05, 4.69) is 4.99 Å². The van der Waals surface area contributed by atoms with Crippen LogP contribution >= 0.6 is 0 Å². The first kappa shape index (κ1) is 23.0. The van der Waals surface area contributed by atoms with E-state index >= 15 is 0 Å². The van der Waals surface area contributed by atoms with Gasteiger partial charge in [0.2, 0.25) is 0 Å². The summed E-state index contributed by atoms with van der Waals surface area (Å²) in [7, 11) is 1.83. The van der Waals surface area contributed by atoms with Crippen molar-refractivity contribution in [3.63, 3.8) is 0 Å². The van der Waals surface area contributed by atoms with E-state index in [0.717, 1.165) is 16.9 Å². The fourth-order valence-electron chi connectivity index (χ4n) is 3.50. The van der Waals surface area contributed by atoms with E-state index in [9.17, 15) is 9.59 Å². The zero-order chi connectivity index (χ0) is 24.2. The van der Waals surface area contributed by atoms with Crippen molar-refractivity contribution < 1.29 is 13.9 Å². The number of esters is 1. The number of para-hydroxylation sites is 1. The van der Waals surface area contributed by atoms with Crippen molar-refractivity contribution in [2.45, 2.75) is 20.8 Å². The normalized spacial score (nSPS) is 11.4. The molecule has 4 aromatic rings. The Labute approximate surface area is 197 Å². The molecule has 0 aliphatic heterocycles. The highest BCUT2D eigenvalue weighted by Gasteiger charge is 2.15. The molecule has 0 radical (unpaired) electrons. The summed E-state index contributed by atoms with van der Waals surface area (Å²) in [6.45, 7) is 6.23. The fourth-order valence-corrected chi connectivity index (χ4v) is 3.50. The van der Waals surface area contributed by atoms with Gasteiger partial charge in [0, 0.05) is 12.6 Å². The number of ether oxygens (including phenoxy) is 1. The van der Waals surface area contributed by atoms with E-state index < -0.39 is 0 Å². The maximum atomic E-state index is 13.0. The van der Waals surface area contributed by atoms with E-state index in [1.165, 1.54) is 0 Å². The Balaban J connectivity index is 1.52. The molecule has 2 aromatic heterocycles. The van der Waals surface area contributed by atoms with Crippen LogP contribution in [0.5, 0.6) is 0 Å². The monoisotopic (exact) mass is 457 g/mol. The molecule has 0 saturated heterocycles. The molecule has 7 heteroatoms. The molecule has 2 aromatic carbocycles. The fraction of sp³-hybridized carbons (Fsp3) is 0.222. The summed E-state index contributed by atoms with van der Waals surface area (Å²) < 4.78 is 14.5. The van der Waals surface area contributed by atoms with Crippen molar-refractivity contribution in [3.8, 4) is 17.0 Å². The van der Waals surface area contributed by atoms with Gasteiger partial charge >= 0.3 is 5.97 Å². The summed E-state index contributed by atoms with van der Waals surface area (Å²) >= 11 is 0. The second-order valence-corrected chi connectivity index (χ2v) is 8.44. The Morgan fingerprint density at radius 3 is 2.44 bits per heavy atom. The van der Waals surface area contributed by atoms with Crippen LogP contribution in [0, 0.1) is 12.8 Å². The Kier molecular flexibility index (Phi) is 6.63. The lowest BCUT2D eigenvalue weighted by molar-refractivity contribution is 0.0459. The average Bonchev–Trinajstić information content (AvgIpc) is 3.39. The Hall–Kier alpha value is -4.13. The molecule has 0 aliphatic rings. The maximum Gasteiger partial charge on any atom is 0.338 e. The van der Waals surface area contributed by atoms with Crippen LogP contribution in [-0.2, 0) is 11.8 Å². The summed E-state index contributed by atoms with van der Waals surface area (Å²) in [4.78, 5) is 29.5. The molecular formula is C27H27N3O4. The third-order valence-corrected chi connectivity index (χ3v) is 5.42. The lowest BCUT2D eigenvalue weighted by Gasteiger charge is -2.07. The summed E-state index contributed by atoms with van der Waals surface area (Å²) in [6, 6.07) is 20.1. The predicted molar refractivity (Wildman–Crippen MR) is 132 cm³/mol. The highest BCUT2D eigenvalue weighted by Crippen LogP contribution is 2.23. The molecule has 0 unspecified atom stereocenters. The molecule has 0 N–H and O–H groups in total. The van der Waals surface area contributed by atoms with Crippen LogP contribution in [0.15, 0.2) is 80.9 Å². The summed E-state index contributed by atoms with van der Waals surface area (Å²) in [5, 5.41) is 0. The Morgan fingerprint density at radius 1 is 1.06 bits per heavy atom. The van der Waals surface area contributed by atoms with E-state index in [4.69, 9.17) is 9.15 Å². The summed E-state index contributed by atoms with van der Waals surface area (Å²) in [5.74, 6) is 1.10. The smallest absolute Gasteiger partial charge is 0.338 e. The van der Waals surface area contributed by atoms with Gasteiger partial charge in [0.05, 0.1) is 29.8 Å².